The molecule has 0 aliphatic carbocycles. The summed E-state index contributed by atoms with van der Waals surface area (Å²) in [6.45, 7) is 5.77. The lowest BCUT2D eigenvalue weighted by atomic mass is 10.1. The van der Waals surface area contributed by atoms with E-state index in [2.05, 4.69) is 26.3 Å². The molecule has 0 saturated heterocycles. The summed E-state index contributed by atoms with van der Waals surface area (Å²) in [6, 6.07) is 3.59. The van der Waals surface area contributed by atoms with Crippen LogP contribution in [0.15, 0.2) is 24.4 Å². The van der Waals surface area contributed by atoms with Crippen LogP contribution in [-0.2, 0) is 32.1 Å². The minimum absolute atomic E-state index is 0.0189. The number of hydrogen-bond acceptors (Lipinski definition) is 9. The van der Waals surface area contributed by atoms with Gasteiger partial charge in [0.2, 0.25) is 11.8 Å². The van der Waals surface area contributed by atoms with Crippen LogP contribution < -0.4 is 16.0 Å². The van der Waals surface area contributed by atoms with Gasteiger partial charge in [-0.2, -0.15) is 0 Å². The van der Waals surface area contributed by atoms with Gasteiger partial charge in [0, 0.05) is 45.0 Å². The second-order valence-electron chi connectivity index (χ2n) is 9.99. The Morgan fingerprint density at radius 2 is 1.93 bits per heavy atom. The molecule has 1 aromatic heterocycles. The van der Waals surface area contributed by atoms with Crippen molar-refractivity contribution in [3.05, 3.63) is 41.2 Å². The number of imide groups is 1. The molecule has 1 unspecified atom stereocenters. The zero-order chi connectivity index (χ0) is 29.8. The van der Waals surface area contributed by atoms with Crippen LogP contribution in [-0.4, -0.2) is 88.7 Å². The Kier molecular flexibility index (Phi) is 11.9. The third-order valence-corrected chi connectivity index (χ3v) is 6.56. The Hall–Kier alpha value is -4.13. The summed E-state index contributed by atoms with van der Waals surface area (Å²) in [7, 11) is 1.40. The van der Waals surface area contributed by atoms with E-state index >= 15 is 0 Å². The molecule has 0 spiro atoms. The fourth-order valence-electron chi connectivity index (χ4n) is 4.50. The van der Waals surface area contributed by atoms with Gasteiger partial charge in [-0.15, -0.1) is 5.10 Å². The highest BCUT2D eigenvalue weighted by Crippen LogP contribution is 2.31. The number of benzene rings is 1. The molecule has 1 aromatic carbocycles. The highest BCUT2D eigenvalue weighted by molar-refractivity contribution is 6.25. The number of carbonyl (C=O) groups excluding carboxylic acids is 5. The van der Waals surface area contributed by atoms with E-state index in [1.54, 1.807) is 16.8 Å². The smallest absolute Gasteiger partial charge is 0.264 e. The number of hydrogen-bond donors (Lipinski definition) is 3. The van der Waals surface area contributed by atoms with Crippen molar-refractivity contribution in [2.45, 2.75) is 71.1 Å². The van der Waals surface area contributed by atoms with E-state index in [1.165, 1.54) is 13.1 Å². The Bertz CT molecular complexity index is 1230. The van der Waals surface area contributed by atoms with Crippen molar-refractivity contribution in [1.29, 1.82) is 0 Å². The molecule has 0 bridgehead atoms. The van der Waals surface area contributed by atoms with Crippen molar-refractivity contribution in [1.82, 2.24) is 30.5 Å². The second kappa shape index (κ2) is 15.6. The number of aromatic nitrogens is 3. The molecule has 0 radical (unpaired) electrons. The zero-order valence-electron chi connectivity index (χ0n) is 23.9. The van der Waals surface area contributed by atoms with Crippen LogP contribution in [0.2, 0.25) is 0 Å². The minimum Gasteiger partial charge on any atom is -0.379 e. The molecule has 1 aliphatic heterocycles. The maximum Gasteiger partial charge on any atom is 0.264 e. The lowest BCUT2D eigenvalue weighted by Gasteiger charge is -2.24. The number of amides is 4. The fourth-order valence-corrected chi connectivity index (χ4v) is 4.50. The summed E-state index contributed by atoms with van der Waals surface area (Å²) >= 11 is 0. The number of carbonyl (C=O) groups is 5. The average molecular weight is 570 g/mol. The topological polar surface area (TPSA) is 165 Å². The van der Waals surface area contributed by atoms with Crippen molar-refractivity contribution in [3.8, 4) is 0 Å². The fraction of sp³-hybridized carbons (Fsp3) is 0.536. The number of rotatable bonds is 18. The van der Waals surface area contributed by atoms with Crippen LogP contribution in [0, 0.1) is 0 Å². The average Bonchev–Trinajstić information content (AvgIpc) is 3.52. The minimum atomic E-state index is -1.11. The molecule has 13 nitrogen and oxygen atoms in total. The van der Waals surface area contributed by atoms with Gasteiger partial charge in [0.05, 0.1) is 29.5 Å². The van der Waals surface area contributed by atoms with Crippen LogP contribution in [0.1, 0.15) is 72.4 Å². The molecule has 1 aliphatic rings. The number of ether oxygens (including phenoxy) is 1. The number of likely N-dealkylation sites (N-methyl/N-ethyl adjacent to an activating group) is 1. The van der Waals surface area contributed by atoms with Crippen LogP contribution in [0.4, 0.5) is 5.69 Å². The standard InChI is InChI=1S/C28H39N7O6/c1-19(2)41-16-8-9-20-18-34(33-32-20)14-5-4-13-30-24(37)17-31-22-11-6-10-21-25(22)28(40)35(27(21)39)23(12-7-15-36)26(38)29-3/h6,10-11,15,18-19,23,31H,4-5,7-9,12-14,16-17H2,1-3H3,(H,29,38)(H,30,37). The quantitative estimate of drug-likeness (QED) is 0.136. The Morgan fingerprint density at radius 3 is 2.66 bits per heavy atom. The van der Waals surface area contributed by atoms with Gasteiger partial charge in [-0.3, -0.25) is 28.8 Å². The summed E-state index contributed by atoms with van der Waals surface area (Å²) in [6.07, 6.45) is 6.08. The third kappa shape index (κ3) is 8.68. The normalized spacial score (nSPS) is 13.3. The molecule has 4 amide bonds. The Balaban J connectivity index is 1.44. The van der Waals surface area contributed by atoms with E-state index in [0.29, 0.717) is 31.7 Å². The summed E-state index contributed by atoms with van der Waals surface area (Å²) in [4.78, 5) is 62.8. The van der Waals surface area contributed by atoms with Crippen LogP contribution >= 0.6 is 0 Å². The number of nitrogens with zero attached hydrogens (tertiary/aromatic N) is 4. The van der Waals surface area contributed by atoms with Gasteiger partial charge in [-0.05, 0) is 58.1 Å². The first kappa shape index (κ1) is 31.4. The van der Waals surface area contributed by atoms with Crippen LogP contribution in [0.5, 0.6) is 0 Å². The highest BCUT2D eigenvalue weighted by Gasteiger charge is 2.43. The van der Waals surface area contributed by atoms with Crippen LogP contribution in [0.3, 0.4) is 0 Å². The van der Waals surface area contributed by atoms with E-state index in [0.717, 1.165) is 36.3 Å². The van der Waals surface area contributed by atoms with Gasteiger partial charge in [-0.25, -0.2) is 0 Å². The molecular formula is C28H39N7O6. The van der Waals surface area contributed by atoms with Crippen molar-refractivity contribution < 1.29 is 28.7 Å². The first-order chi connectivity index (χ1) is 19.8. The lowest BCUT2D eigenvalue weighted by Crippen LogP contribution is -2.48. The van der Waals surface area contributed by atoms with Crippen molar-refractivity contribution in [2.24, 2.45) is 0 Å². The predicted molar refractivity (Wildman–Crippen MR) is 150 cm³/mol. The molecular weight excluding hydrogens is 530 g/mol. The maximum absolute atomic E-state index is 13.2. The lowest BCUT2D eigenvalue weighted by molar-refractivity contribution is -0.125. The Labute approximate surface area is 239 Å². The summed E-state index contributed by atoms with van der Waals surface area (Å²) in [5, 5.41) is 16.6. The summed E-state index contributed by atoms with van der Waals surface area (Å²) in [5.74, 6) is -2.06. The number of aldehydes is 1. The maximum atomic E-state index is 13.2. The highest BCUT2D eigenvalue weighted by atomic mass is 16.5. The largest absolute Gasteiger partial charge is 0.379 e. The predicted octanol–water partition coefficient (Wildman–Crippen LogP) is 1.33. The Morgan fingerprint density at radius 1 is 1.12 bits per heavy atom. The monoisotopic (exact) mass is 569 g/mol. The van der Waals surface area contributed by atoms with E-state index in [1.807, 2.05) is 20.0 Å². The zero-order valence-corrected chi connectivity index (χ0v) is 23.9. The number of aryl methyl sites for hydroxylation is 2. The van der Waals surface area contributed by atoms with Crippen LogP contribution in [0.25, 0.3) is 0 Å². The summed E-state index contributed by atoms with van der Waals surface area (Å²) < 4.78 is 7.34. The molecule has 3 N–H and O–H groups in total. The van der Waals surface area contributed by atoms with Gasteiger partial charge in [0.1, 0.15) is 12.3 Å². The molecule has 0 saturated carbocycles. The summed E-state index contributed by atoms with van der Waals surface area (Å²) in [5.41, 5.74) is 1.49. The van der Waals surface area contributed by atoms with E-state index in [-0.39, 0.29) is 42.5 Å². The van der Waals surface area contributed by atoms with E-state index in [4.69, 9.17) is 4.74 Å². The molecule has 222 valence electrons. The van der Waals surface area contributed by atoms with Gasteiger partial charge in [0.25, 0.3) is 11.8 Å². The number of nitrogens with one attached hydrogen (secondary N) is 3. The second-order valence-corrected chi connectivity index (χ2v) is 9.99. The molecule has 2 aromatic rings. The van der Waals surface area contributed by atoms with Crippen molar-refractivity contribution in [2.75, 3.05) is 32.1 Å². The number of unbranched alkanes of at least 4 members (excludes halogenated alkanes) is 1. The van der Waals surface area contributed by atoms with E-state index in [9.17, 15) is 24.0 Å². The third-order valence-electron chi connectivity index (χ3n) is 6.56. The van der Waals surface area contributed by atoms with Gasteiger partial charge in [-0.1, -0.05) is 11.3 Å². The molecule has 13 heteroatoms. The SMILES string of the molecule is CNC(=O)C(CCC=O)N1C(=O)c2cccc(NCC(=O)NCCCCn3cc(CCCOC(C)C)nn3)c2C1=O. The molecule has 2 heterocycles. The molecule has 41 heavy (non-hydrogen) atoms. The first-order valence-electron chi connectivity index (χ1n) is 13.9. The van der Waals surface area contributed by atoms with Crippen molar-refractivity contribution >= 4 is 35.6 Å². The van der Waals surface area contributed by atoms with Gasteiger partial charge >= 0.3 is 0 Å². The molecule has 3 rings (SSSR count). The number of fused-ring (bicyclic) bond motifs is 1. The molecule has 1 atom stereocenters. The number of anilines is 1. The van der Waals surface area contributed by atoms with Crippen molar-refractivity contribution in [3.63, 3.8) is 0 Å². The molecule has 0 fully saturated rings. The first-order valence-corrected chi connectivity index (χ1v) is 13.9. The van der Waals surface area contributed by atoms with Gasteiger partial charge < -0.3 is 25.5 Å². The van der Waals surface area contributed by atoms with E-state index < -0.39 is 23.8 Å². The van der Waals surface area contributed by atoms with Gasteiger partial charge in [0.15, 0.2) is 0 Å².